The SMILES string of the molecule is Cc1ccc([S+](C2C=CC=CC2)C2C=CCCC2)cc1. The van der Waals surface area contributed by atoms with E-state index in [1.54, 1.807) is 0 Å². The van der Waals surface area contributed by atoms with Gasteiger partial charge in [0.2, 0.25) is 0 Å². The van der Waals surface area contributed by atoms with Crippen molar-refractivity contribution in [3.05, 3.63) is 66.3 Å². The Balaban J connectivity index is 1.91. The number of rotatable bonds is 3. The standard InChI is InChI=1S/C19H23S/c1-16-12-14-19(15-13-16)20(17-8-4-2-5-9-17)18-10-6-3-7-11-18/h2,4-6,8,10,12-15,17-18H,3,7,9,11H2,1H3/q+1. The van der Waals surface area contributed by atoms with E-state index in [4.69, 9.17) is 0 Å². The molecule has 0 aliphatic heterocycles. The van der Waals surface area contributed by atoms with E-state index in [1.807, 2.05) is 0 Å². The Hall–Kier alpha value is -1.21. The molecule has 3 unspecified atom stereocenters. The molecule has 2 aliphatic rings. The van der Waals surface area contributed by atoms with Crippen molar-refractivity contribution in [3.8, 4) is 0 Å². The average Bonchev–Trinajstić information content (AvgIpc) is 2.52. The maximum Gasteiger partial charge on any atom is 0.156 e. The Bertz CT molecular complexity index is 519. The third-order valence-corrected chi connectivity index (χ3v) is 6.96. The lowest BCUT2D eigenvalue weighted by atomic mass is 10.1. The van der Waals surface area contributed by atoms with Gasteiger partial charge in [0.1, 0.15) is 10.5 Å². The predicted octanol–water partition coefficient (Wildman–Crippen LogP) is 4.97. The summed E-state index contributed by atoms with van der Waals surface area (Å²) >= 11 is 0. The van der Waals surface area contributed by atoms with Crippen LogP contribution in [0.3, 0.4) is 0 Å². The van der Waals surface area contributed by atoms with Gasteiger partial charge in [-0.25, -0.2) is 0 Å². The quantitative estimate of drug-likeness (QED) is 0.543. The second-order valence-electron chi connectivity index (χ2n) is 5.67. The van der Waals surface area contributed by atoms with Gasteiger partial charge in [0.25, 0.3) is 0 Å². The molecule has 0 spiro atoms. The number of aryl methyl sites for hydroxylation is 1. The van der Waals surface area contributed by atoms with Crippen LogP contribution in [0.15, 0.2) is 65.6 Å². The highest BCUT2D eigenvalue weighted by atomic mass is 32.2. The van der Waals surface area contributed by atoms with Crippen molar-refractivity contribution < 1.29 is 0 Å². The number of benzene rings is 1. The summed E-state index contributed by atoms with van der Waals surface area (Å²) < 4.78 is 0. The summed E-state index contributed by atoms with van der Waals surface area (Å²) in [4.78, 5) is 1.54. The van der Waals surface area contributed by atoms with E-state index in [2.05, 4.69) is 67.6 Å². The van der Waals surface area contributed by atoms with Crippen LogP contribution >= 0.6 is 0 Å². The van der Waals surface area contributed by atoms with Gasteiger partial charge in [-0.15, -0.1) is 0 Å². The van der Waals surface area contributed by atoms with Crippen LogP contribution in [0.1, 0.15) is 31.2 Å². The van der Waals surface area contributed by atoms with Gasteiger partial charge in [-0.3, -0.25) is 0 Å². The highest BCUT2D eigenvalue weighted by molar-refractivity contribution is 7.98. The molecule has 20 heavy (non-hydrogen) atoms. The molecule has 1 aromatic rings. The summed E-state index contributed by atoms with van der Waals surface area (Å²) in [6.45, 7) is 2.17. The second-order valence-corrected chi connectivity index (χ2v) is 8.10. The van der Waals surface area contributed by atoms with Gasteiger partial charge in [-0.1, -0.05) is 42.0 Å². The molecule has 0 radical (unpaired) electrons. The zero-order chi connectivity index (χ0) is 13.8. The summed E-state index contributed by atoms with van der Waals surface area (Å²) in [7, 11) is 0.306. The molecule has 104 valence electrons. The molecule has 0 saturated heterocycles. The van der Waals surface area contributed by atoms with Crippen LogP contribution in [0.25, 0.3) is 0 Å². The molecule has 0 nitrogen and oxygen atoms in total. The average molecular weight is 283 g/mol. The molecular formula is C19H23S+. The van der Waals surface area contributed by atoms with Gasteiger partial charge in [-0.05, 0) is 50.5 Å². The molecule has 0 bridgehead atoms. The third kappa shape index (κ3) is 3.09. The molecule has 1 aromatic carbocycles. The minimum Gasteiger partial charge on any atom is -0.0836 e. The second kappa shape index (κ2) is 6.49. The van der Waals surface area contributed by atoms with Gasteiger partial charge in [0.05, 0.1) is 0 Å². The Labute approximate surface area is 125 Å². The topological polar surface area (TPSA) is 0 Å². The van der Waals surface area contributed by atoms with Crippen LogP contribution in [-0.4, -0.2) is 10.5 Å². The minimum absolute atomic E-state index is 0.306. The van der Waals surface area contributed by atoms with Crippen molar-refractivity contribution in [2.45, 2.75) is 48.0 Å². The van der Waals surface area contributed by atoms with Gasteiger partial charge in [0, 0.05) is 17.3 Å². The highest BCUT2D eigenvalue weighted by Crippen LogP contribution is 2.33. The first kappa shape index (κ1) is 13.8. The Morgan fingerprint density at radius 3 is 2.45 bits per heavy atom. The van der Waals surface area contributed by atoms with E-state index in [9.17, 15) is 0 Å². The van der Waals surface area contributed by atoms with Crippen LogP contribution < -0.4 is 0 Å². The van der Waals surface area contributed by atoms with E-state index in [0.717, 1.165) is 5.25 Å². The number of hydrogen-bond acceptors (Lipinski definition) is 0. The van der Waals surface area contributed by atoms with Crippen LogP contribution in [0.5, 0.6) is 0 Å². The fourth-order valence-electron chi connectivity index (χ4n) is 3.01. The smallest absolute Gasteiger partial charge is 0.0836 e. The highest BCUT2D eigenvalue weighted by Gasteiger charge is 2.38. The third-order valence-electron chi connectivity index (χ3n) is 4.10. The first-order valence-corrected chi connectivity index (χ1v) is 8.98. The number of allylic oxidation sites excluding steroid dienone is 4. The van der Waals surface area contributed by atoms with Crippen molar-refractivity contribution >= 4 is 10.9 Å². The Kier molecular flexibility index (Phi) is 4.47. The largest absolute Gasteiger partial charge is 0.156 e. The molecule has 0 heterocycles. The van der Waals surface area contributed by atoms with Crippen LogP contribution in [0.2, 0.25) is 0 Å². The summed E-state index contributed by atoms with van der Waals surface area (Å²) in [5, 5.41) is 1.41. The van der Waals surface area contributed by atoms with Crippen molar-refractivity contribution in [3.63, 3.8) is 0 Å². The van der Waals surface area contributed by atoms with E-state index in [1.165, 1.54) is 36.1 Å². The van der Waals surface area contributed by atoms with Gasteiger partial charge in [0.15, 0.2) is 4.90 Å². The molecule has 3 atom stereocenters. The van der Waals surface area contributed by atoms with Gasteiger partial charge < -0.3 is 0 Å². The normalized spacial score (nSPS) is 26.6. The van der Waals surface area contributed by atoms with Crippen molar-refractivity contribution in [2.24, 2.45) is 0 Å². The first-order valence-electron chi connectivity index (χ1n) is 7.63. The predicted molar refractivity (Wildman–Crippen MR) is 90.3 cm³/mol. The summed E-state index contributed by atoms with van der Waals surface area (Å²) in [5.74, 6) is 0. The molecule has 1 heteroatoms. The summed E-state index contributed by atoms with van der Waals surface area (Å²) in [6, 6.07) is 9.24. The van der Waals surface area contributed by atoms with E-state index >= 15 is 0 Å². The van der Waals surface area contributed by atoms with Crippen molar-refractivity contribution in [1.29, 1.82) is 0 Å². The lowest BCUT2D eigenvalue weighted by Crippen LogP contribution is -2.31. The van der Waals surface area contributed by atoms with Gasteiger partial charge in [-0.2, -0.15) is 0 Å². The first-order chi connectivity index (χ1) is 9.84. The molecule has 0 saturated carbocycles. The molecule has 0 N–H and O–H groups in total. The summed E-state index contributed by atoms with van der Waals surface area (Å²) in [6.07, 6.45) is 19.2. The monoisotopic (exact) mass is 283 g/mol. The van der Waals surface area contributed by atoms with E-state index in [-0.39, 0.29) is 0 Å². The number of hydrogen-bond donors (Lipinski definition) is 0. The molecule has 3 rings (SSSR count). The molecule has 0 fully saturated rings. The summed E-state index contributed by atoms with van der Waals surface area (Å²) in [5.41, 5.74) is 1.36. The lowest BCUT2D eigenvalue weighted by molar-refractivity contribution is 0.733. The lowest BCUT2D eigenvalue weighted by Gasteiger charge is -2.24. The van der Waals surface area contributed by atoms with Crippen LogP contribution in [-0.2, 0) is 10.9 Å². The van der Waals surface area contributed by atoms with E-state index in [0.29, 0.717) is 16.1 Å². The molecule has 0 aromatic heterocycles. The molecule has 0 amide bonds. The molecular weight excluding hydrogens is 260 g/mol. The van der Waals surface area contributed by atoms with Crippen LogP contribution in [0, 0.1) is 6.92 Å². The Morgan fingerprint density at radius 2 is 1.80 bits per heavy atom. The minimum atomic E-state index is 0.306. The van der Waals surface area contributed by atoms with E-state index < -0.39 is 0 Å². The zero-order valence-corrected chi connectivity index (χ0v) is 13.0. The molecule has 2 aliphatic carbocycles. The van der Waals surface area contributed by atoms with Crippen molar-refractivity contribution in [1.82, 2.24) is 0 Å². The van der Waals surface area contributed by atoms with Crippen LogP contribution in [0.4, 0.5) is 0 Å². The maximum atomic E-state index is 2.48. The zero-order valence-electron chi connectivity index (χ0n) is 12.2. The van der Waals surface area contributed by atoms with Gasteiger partial charge >= 0.3 is 0 Å². The van der Waals surface area contributed by atoms with Crippen molar-refractivity contribution in [2.75, 3.05) is 0 Å². The Morgan fingerprint density at radius 1 is 0.950 bits per heavy atom. The fraction of sp³-hybridized carbons (Fsp3) is 0.368. The maximum absolute atomic E-state index is 2.48. The fourth-order valence-corrected chi connectivity index (χ4v) is 5.89.